The van der Waals surface area contributed by atoms with Crippen LogP contribution in [-0.2, 0) is 4.79 Å². The molecular formula is C12H16N6O5. The lowest BCUT2D eigenvalue weighted by atomic mass is 10.4. The number of aromatic amines is 2. The lowest BCUT2D eigenvalue weighted by molar-refractivity contribution is -0.132. The molecule has 124 valence electrons. The number of esters is 1. The third-order valence-electron chi connectivity index (χ3n) is 2.40. The average molecular weight is 324 g/mol. The highest BCUT2D eigenvalue weighted by atomic mass is 16.5. The van der Waals surface area contributed by atoms with E-state index in [9.17, 15) is 14.4 Å². The summed E-state index contributed by atoms with van der Waals surface area (Å²) < 4.78 is 4.63. The monoisotopic (exact) mass is 324 g/mol. The van der Waals surface area contributed by atoms with Gasteiger partial charge in [-0.15, -0.1) is 0 Å². The Hall–Kier alpha value is -3.37. The van der Waals surface area contributed by atoms with E-state index in [0.717, 1.165) is 0 Å². The highest BCUT2D eigenvalue weighted by Gasteiger charge is 2.09. The van der Waals surface area contributed by atoms with Gasteiger partial charge in [0.2, 0.25) is 23.4 Å². The summed E-state index contributed by atoms with van der Waals surface area (Å²) in [5.41, 5.74) is 9.77. The van der Waals surface area contributed by atoms with Crippen molar-refractivity contribution in [1.29, 1.82) is 0 Å². The predicted molar refractivity (Wildman–Crippen MR) is 81.0 cm³/mol. The van der Waals surface area contributed by atoms with Crippen LogP contribution in [0.5, 0.6) is 11.5 Å². The van der Waals surface area contributed by atoms with E-state index < -0.39 is 17.1 Å². The fourth-order valence-electron chi connectivity index (χ4n) is 1.46. The lowest BCUT2D eigenvalue weighted by Crippen LogP contribution is -2.18. The summed E-state index contributed by atoms with van der Waals surface area (Å²) in [6, 6.07) is 0. The zero-order chi connectivity index (χ0) is 17.7. The van der Waals surface area contributed by atoms with E-state index in [1.807, 2.05) is 0 Å². The number of nitrogen functional groups attached to an aromatic ring is 2. The van der Waals surface area contributed by atoms with Gasteiger partial charge in [-0.1, -0.05) is 0 Å². The van der Waals surface area contributed by atoms with Crippen LogP contribution < -0.4 is 27.3 Å². The lowest BCUT2D eigenvalue weighted by Gasteiger charge is -2.03. The standard InChI is InChI=1S/C7H9N3O3.C5H7N3O2/c1-3-5(13-4(2)11)6(12)10-7(8)9-3;1-2-3(9)4(10)8-5(6)7-2/h1-2H3,(H3,8,9,10,12);9H,1H3,(H3,6,7,8,10). The third-order valence-corrected chi connectivity index (χ3v) is 2.40. The van der Waals surface area contributed by atoms with Crippen molar-refractivity contribution in [1.82, 2.24) is 19.9 Å². The molecule has 2 aromatic heterocycles. The Morgan fingerprint density at radius 2 is 1.52 bits per heavy atom. The molecule has 2 heterocycles. The highest BCUT2D eigenvalue weighted by molar-refractivity contribution is 5.69. The number of carbonyl (C=O) groups excluding carboxylic acids is 1. The smallest absolute Gasteiger partial charge is 0.308 e. The second kappa shape index (κ2) is 7.06. The summed E-state index contributed by atoms with van der Waals surface area (Å²) in [6.45, 7) is 4.24. The predicted octanol–water partition coefficient (Wildman–Crippen LogP) is -1.05. The number of aromatic nitrogens is 4. The summed E-state index contributed by atoms with van der Waals surface area (Å²) in [6.07, 6.45) is 0. The van der Waals surface area contributed by atoms with Gasteiger partial charge in [0.1, 0.15) is 0 Å². The highest BCUT2D eigenvalue weighted by Crippen LogP contribution is 2.08. The first-order chi connectivity index (χ1) is 10.6. The van der Waals surface area contributed by atoms with Gasteiger partial charge >= 0.3 is 5.97 Å². The molecule has 0 aliphatic heterocycles. The van der Waals surface area contributed by atoms with E-state index in [-0.39, 0.29) is 34.8 Å². The summed E-state index contributed by atoms with van der Waals surface area (Å²) in [5.74, 6) is -1.05. The number of hydrogen-bond donors (Lipinski definition) is 5. The van der Waals surface area contributed by atoms with E-state index in [1.165, 1.54) is 20.8 Å². The van der Waals surface area contributed by atoms with E-state index >= 15 is 0 Å². The number of aromatic hydroxyl groups is 1. The van der Waals surface area contributed by atoms with Crippen molar-refractivity contribution in [2.75, 3.05) is 11.5 Å². The molecule has 0 aliphatic carbocycles. The topological polar surface area (TPSA) is 190 Å². The summed E-state index contributed by atoms with van der Waals surface area (Å²) in [7, 11) is 0. The second-order valence-electron chi connectivity index (χ2n) is 4.34. The molecule has 0 saturated carbocycles. The number of hydrogen-bond acceptors (Lipinski definition) is 9. The third kappa shape index (κ3) is 4.84. The Labute approximate surface area is 129 Å². The number of nitrogens with zero attached hydrogens (tertiary/aromatic N) is 2. The van der Waals surface area contributed by atoms with Crippen molar-refractivity contribution in [3.8, 4) is 11.5 Å². The van der Waals surface area contributed by atoms with Gasteiger partial charge in [-0.25, -0.2) is 9.97 Å². The molecule has 0 saturated heterocycles. The normalized spacial score (nSPS) is 9.70. The maximum Gasteiger partial charge on any atom is 0.308 e. The number of carbonyl (C=O) groups is 1. The van der Waals surface area contributed by atoms with Crippen molar-refractivity contribution in [3.05, 3.63) is 32.1 Å². The van der Waals surface area contributed by atoms with Gasteiger partial charge in [-0.05, 0) is 13.8 Å². The van der Waals surface area contributed by atoms with Crippen LogP contribution in [0.4, 0.5) is 11.9 Å². The molecule has 0 fully saturated rings. The number of ether oxygens (including phenoxy) is 1. The van der Waals surface area contributed by atoms with Crippen LogP contribution in [0.25, 0.3) is 0 Å². The minimum atomic E-state index is -0.606. The van der Waals surface area contributed by atoms with Gasteiger partial charge in [-0.2, -0.15) is 0 Å². The largest absolute Gasteiger partial charge is 0.502 e. The van der Waals surface area contributed by atoms with Crippen molar-refractivity contribution in [2.45, 2.75) is 20.8 Å². The van der Waals surface area contributed by atoms with Gasteiger partial charge in [0.15, 0.2) is 0 Å². The molecule has 0 aromatic carbocycles. The van der Waals surface area contributed by atoms with Crippen LogP contribution in [-0.4, -0.2) is 31.0 Å². The number of anilines is 2. The molecule has 11 heteroatoms. The number of aryl methyl sites for hydroxylation is 2. The van der Waals surface area contributed by atoms with E-state index in [2.05, 4.69) is 24.7 Å². The van der Waals surface area contributed by atoms with Crippen LogP contribution in [0.2, 0.25) is 0 Å². The first-order valence-corrected chi connectivity index (χ1v) is 6.22. The molecule has 2 aromatic rings. The molecule has 11 nitrogen and oxygen atoms in total. The van der Waals surface area contributed by atoms with Crippen molar-refractivity contribution in [3.63, 3.8) is 0 Å². The maximum absolute atomic E-state index is 11.1. The molecular weight excluding hydrogens is 308 g/mol. The van der Waals surface area contributed by atoms with Crippen LogP contribution in [0.3, 0.4) is 0 Å². The fraction of sp³-hybridized carbons (Fsp3) is 0.250. The van der Waals surface area contributed by atoms with Crippen molar-refractivity contribution in [2.24, 2.45) is 0 Å². The fourth-order valence-corrected chi connectivity index (χ4v) is 1.46. The number of nitrogens with one attached hydrogen (secondary N) is 2. The number of H-pyrrole nitrogens is 2. The minimum absolute atomic E-state index is 0.00148. The Morgan fingerprint density at radius 3 is 1.96 bits per heavy atom. The van der Waals surface area contributed by atoms with E-state index in [4.69, 9.17) is 16.6 Å². The summed E-state index contributed by atoms with van der Waals surface area (Å²) in [4.78, 5) is 44.0. The van der Waals surface area contributed by atoms with Crippen LogP contribution >= 0.6 is 0 Å². The first-order valence-electron chi connectivity index (χ1n) is 6.22. The van der Waals surface area contributed by atoms with Gasteiger partial charge in [-0.3, -0.25) is 24.4 Å². The van der Waals surface area contributed by atoms with Crippen molar-refractivity contribution < 1.29 is 14.6 Å². The Balaban J connectivity index is 0.000000238. The van der Waals surface area contributed by atoms with Crippen LogP contribution in [0.15, 0.2) is 9.59 Å². The molecule has 0 amide bonds. The SMILES string of the molecule is CC(=O)Oc1c(C)nc(N)[nH]c1=O.Cc1nc(N)[nH]c(=O)c1O. The van der Waals surface area contributed by atoms with Gasteiger partial charge in [0, 0.05) is 6.92 Å². The Bertz CT molecular complexity index is 841. The summed E-state index contributed by atoms with van der Waals surface area (Å²) in [5, 5.41) is 8.87. The minimum Gasteiger partial charge on any atom is -0.502 e. The Morgan fingerprint density at radius 1 is 1.04 bits per heavy atom. The molecule has 0 unspecified atom stereocenters. The zero-order valence-corrected chi connectivity index (χ0v) is 12.6. The molecule has 7 N–H and O–H groups in total. The molecule has 0 atom stereocenters. The van der Waals surface area contributed by atoms with Crippen LogP contribution in [0, 0.1) is 13.8 Å². The quantitative estimate of drug-likeness (QED) is 0.407. The molecule has 23 heavy (non-hydrogen) atoms. The summed E-state index contributed by atoms with van der Waals surface area (Å²) >= 11 is 0. The van der Waals surface area contributed by atoms with E-state index in [0.29, 0.717) is 0 Å². The van der Waals surface area contributed by atoms with Gasteiger partial charge in [0.05, 0.1) is 11.4 Å². The van der Waals surface area contributed by atoms with Gasteiger partial charge in [0.25, 0.3) is 11.1 Å². The second-order valence-corrected chi connectivity index (χ2v) is 4.34. The molecule has 2 rings (SSSR count). The molecule has 0 spiro atoms. The molecule has 0 aliphatic rings. The molecule has 0 radical (unpaired) electrons. The van der Waals surface area contributed by atoms with Crippen LogP contribution in [0.1, 0.15) is 18.3 Å². The zero-order valence-electron chi connectivity index (χ0n) is 12.6. The van der Waals surface area contributed by atoms with Crippen molar-refractivity contribution >= 4 is 17.9 Å². The van der Waals surface area contributed by atoms with E-state index in [1.54, 1.807) is 0 Å². The molecule has 0 bridgehead atoms. The average Bonchev–Trinajstić information content (AvgIpc) is 2.40. The maximum atomic E-state index is 11.1. The number of nitrogens with two attached hydrogens (primary N) is 2. The van der Waals surface area contributed by atoms with Gasteiger partial charge < -0.3 is 21.3 Å². The number of rotatable bonds is 1. The first kappa shape index (κ1) is 17.7. The Kier molecular flexibility index (Phi) is 5.43.